The van der Waals surface area contributed by atoms with Crippen LogP contribution in [0.2, 0.25) is 0 Å². The molecule has 1 atom stereocenters. The van der Waals surface area contributed by atoms with Gasteiger partial charge in [0.15, 0.2) is 0 Å². The number of aryl methyl sites for hydroxylation is 1. The molecule has 1 fully saturated rings. The van der Waals surface area contributed by atoms with Crippen LogP contribution in [0, 0.1) is 11.8 Å². The summed E-state index contributed by atoms with van der Waals surface area (Å²) in [5.41, 5.74) is 1.22. The number of nitrogens with one attached hydrogen (secondary N) is 1. The van der Waals surface area contributed by atoms with Crippen molar-refractivity contribution in [3.63, 3.8) is 0 Å². The standard InChI is InChI=1S/C20H27N3O2/c1-15(2)13-23-14-17(12-19(23)24)20(25)21-9-5-10-22-11-8-16-6-3-4-7-18(16)22/h3-4,6-8,11,15,17H,5,9-10,12-14H2,1-2H3,(H,21,25). The van der Waals surface area contributed by atoms with E-state index in [9.17, 15) is 9.59 Å². The molecule has 2 amide bonds. The van der Waals surface area contributed by atoms with Crippen molar-refractivity contribution in [2.75, 3.05) is 19.6 Å². The second-order valence-corrected chi connectivity index (χ2v) is 7.31. The molecule has 1 unspecified atom stereocenters. The topological polar surface area (TPSA) is 54.3 Å². The smallest absolute Gasteiger partial charge is 0.225 e. The van der Waals surface area contributed by atoms with Crippen molar-refractivity contribution in [2.24, 2.45) is 11.8 Å². The van der Waals surface area contributed by atoms with Gasteiger partial charge in [0.25, 0.3) is 0 Å². The van der Waals surface area contributed by atoms with E-state index in [2.05, 4.69) is 48.1 Å². The first kappa shape index (κ1) is 17.5. The molecule has 1 aliphatic rings. The van der Waals surface area contributed by atoms with Crippen molar-refractivity contribution in [3.05, 3.63) is 36.5 Å². The van der Waals surface area contributed by atoms with Gasteiger partial charge in [0, 0.05) is 44.3 Å². The molecule has 0 spiro atoms. The number of aromatic nitrogens is 1. The minimum absolute atomic E-state index is 0.0111. The molecule has 0 radical (unpaired) electrons. The van der Waals surface area contributed by atoms with Crippen LogP contribution in [0.1, 0.15) is 26.7 Å². The van der Waals surface area contributed by atoms with Gasteiger partial charge >= 0.3 is 0 Å². The van der Waals surface area contributed by atoms with Crippen LogP contribution in [0.15, 0.2) is 36.5 Å². The van der Waals surface area contributed by atoms with E-state index >= 15 is 0 Å². The van der Waals surface area contributed by atoms with Gasteiger partial charge in [0.1, 0.15) is 0 Å². The third-order valence-electron chi connectivity index (χ3n) is 4.73. The molecule has 2 heterocycles. The predicted molar refractivity (Wildman–Crippen MR) is 99.1 cm³/mol. The molecule has 0 saturated carbocycles. The van der Waals surface area contributed by atoms with Crippen molar-refractivity contribution in [1.29, 1.82) is 0 Å². The molecule has 5 heteroatoms. The number of likely N-dealkylation sites (tertiary alicyclic amines) is 1. The first-order chi connectivity index (χ1) is 12.0. The lowest BCUT2D eigenvalue weighted by molar-refractivity contribution is -0.129. The average molecular weight is 341 g/mol. The van der Waals surface area contributed by atoms with Crippen LogP contribution in [-0.4, -0.2) is 40.9 Å². The number of nitrogens with zero attached hydrogens (tertiary/aromatic N) is 2. The Morgan fingerprint density at radius 2 is 2.08 bits per heavy atom. The molecule has 3 rings (SSSR count). The highest BCUT2D eigenvalue weighted by Gasteiger charge is 2.34. The lowest BCUT2D eigenvalue weighted by Crippen LogP contribution is -2.34. The Labute approximate surface area is 149 Å². The molecule has 0 aliphatic carbocycles. The molecular weight excluding hydrogens is 314 g/mol. The number of carbonyl (C=O) groups excluding carboxylic acids is 2. The number of para-hydroxylation sites is 1. The van der Waals surface area contributed by atoms with E-state index in [0.717, 1.165) is 19.5 Å². The summed E-state index contributed by atoms with van der Waals surface area (Å²) in [6.45, 7) is 6.99. The van der Waals surface area contributed by atoms with Crippen molar-refractivity contribution in [3.8, 4) is 0 Å². The summed E-state index contributed by atoms with van der Waals surface area (Å²) in [6.07, 6.45) is 3.31. The lowest BCUT2D eigenvalue weighted by Gasteiger charge is -2.18. The predicted octanol–water partition coefficient (Wildman–Crippen LogP) is 2.65. The highest BCUT2D eigenvalue weighted by molar-refractivity contribution is 5.89. The van der Waals surface area contributed by atoms with E-state index in [0.29, 0.717) is 25.4 Å². The molecule has 5 nitrogen and oxygen atoms in total. The van der Waals surface area contributed by atoms with Gasteiger partial charge in [-0.05, 0) is 29.9 Å². The summed E-state index contributed by atoms with van der Waals surface area (Å²) in [6, 6.07) is 10.4. The first-order valence-electron chi connectivity index (χ1n) is 9.14. The van der Waals surface area contributed by atoms with Crippen LogP contribution >= 0.6 is 0 Å². The molecule has 0 bridgehead atoms. The molecule has 25 heavy (non-hydrogen) atoms. The summed E-state index contributed by atoms with van der Waals surface area (Å²) in [7, 11) is 0. The Morgan fingerprint density at radius 1 is 1.28 bits per heavy atom. The third kappa shape index (κ3) is 4.21. The van der Waals surface area contributed by atoms with Gasteiger partial charge in [0.2, 0.25) is 11.8 Å². The van der Waals surface area contributed by atoms with Crippen LogP contribution in [0.3, 0.4) is 0 Å². The van der Waals surface area contributed by atoms with Crippen molar-refractivity contribution in [1.82, 2.24) is 14.8 Å². The molecule has 2 aromatic rings. The van der Waals surface area contributed by atoms with Crippen molar-refractivity contribution in [2.45, 2.75) is 33.2 Å². The lowest BCUT2D eigenvalue weighted by atomic mass is 10.1. The van der Waals surface area contributed by atoms with Gasteiger partial charge in [-0.1, -0.05) is 32.0 Å². The number of rotatable bonds is 7. The molecule has 1 aliphatic heterocycles. The zero-order chi connectivity index (χ0) is 17.8. The van der Waals surface area contributed by atoms with Gasteiger partial charge in [-0.15, -0.1) is 0 Å². The summed E-state index contributed by atoms with van der Waals surface area (Å²) in [5, 5.41) is 4.24. The van der Waals surface area contributed by atoms with Gasteiger partial charge < -0.3 is 14.8 Å². The number of fused-ring (bicyclic) bond motifs is 1. The quantitative estimate of drug-likeness (QED) is 0.787. The first-order valence-corrected chi connectivity index (χ1v) is 9.14. The van der Waals surface area contributed by atoms with Gasteiger partial charge in [-0.25, -0.2) is 0 Å². The molecule has 1 N–H and O–H groups in total. The SMILES string of the molecule is CC(C)CN1CC(C(=O)NCCCn2ccc3ccccc32)CC1=O. The number of amides is 2. The summed E-state index contributed by atoms with van der Waals surface area (Å²) in [4.78, 5) is 26.1. The highest BCUT2D eigenvalue weighted by atomic mass is 16.2. The Hall–Kier alpha value is -2.30. The number of hydrogen-bond acceptors (Lipinski definition) is 2. The fourth-order valence-corrected chi connectivity index (χ4v) is 3.51. The van der Waals surface area contributed by atoms with E-state index < -0.39 is 0 Å². The average Bonchev–Trinajstić information content (AvgIpc) is 3.15. The van der Waals surface area contributed by atoms with E-state index in [-0.39, 0.29) is 17.7 Å². The zero-order valence-electron chi connectivity index (χ0n) is 15.1. The Kier molecular flexibility index (Phi) is 5.41. The van der Waals surface area contributed by atoms with Gasteiger partial charge in [-0.2, -0.15) is 0 Å². The molecule has 1 aromatic heterocycles. The Morgan fingerprint density at radius 3 is 2.88 bits per heavy atom. The van der Waals surface area contributed by atoms with E-state index in [1.54, 1.807) is 0 Å². The van der Waals surface area contributed by atoms with E-state index in [1.165, 1.54) is 10.9 Å². The van der Waals surface area contributed by atoms with Crippen LogP contribution in [0.5, 0.6) is 0 Å². The van der Waals surface area contributed by atoms with Gasteiger partial charge in [0.05, 0.1) is 5.92 Å². The molecule has 1 aromatic carbocycles. The molecule has 1 saturated heterocycles. The fraction of sp³-hybridized carbons (Fsp3) is 0.500. The number of hydrogen-bond donors (Lipinski definition) is 1. The minimum atomic E-state index is -0.196. The zero-order valence-corrected chi connectivity index (χ0v) is 15.1. The maximum Gasteiger partial charge on any atom is 0.225 e. The van der Waals surface area contributed by atoms with Gasteiger partial charge in [-0.3, -0.25) is 9.59 Å². The maximum absolute atomic E-state index is 12.3. The monoisotopic (exact) mass is 341 g/mol. The molecular formula is C20H27N3O2. The molecule has 134 valence electrons. The Bertz CT molecular complexity index is 750. The fourth-order valence-electron chi connectivity index (χ4n) is 3.51. The summed E-state index contributed by atoms with van der Waals surface area (Å²) < 4.78 is 2.21. The highest BCUT2D eigenvalue weighted by Crippen LogP contribution is 2.19. The summed E-state index contributed by atoms with van der Waals surface area (Å²) >= 11 is 0. The van der Waals surface area contributed by atoms with Crippen LogP contribution in [0.4, 0.5) is 0 Å². The van der Waals surface area contributed by atoms with E-state index in [4.69, 9.17) is 0 Å². The minimum Gasteiger partial charge on any atom is -0.356 e. The largest absolute Gasteiger partial charge is 0.356 e. The second-order valence-electron chi connectivity index (χ2n) is 7.31. The maximum atomic E-state index is 12.3. The second kappa shape index (κ2) is 7.72. The number of carbonyl (C=O) groups is 2. The van der Waals surface area contributed by atoms with Crippen molar-refractivity contribution < 1.29 is 9.59 Å². The summed E-state index contributed by atoms with van der Waals surface area (Å²) in [5.74, 6) is 0.352. The normalized spacial score (nSPS) is 17.6. The van der Waals surface area contributed by atoms with Crippen LogP contribution < -0.4 is 5.32 Å². The van der Waals surface area contributed by atoms with Crippen LogP contribution in [-0.2, 0) is 16.1 Å². The third-order valence-corrected chi connectivity index (χ3v) is 4.73. The number of benzene rings is 1. The van der Waals surface area contributed by atoms with Crippen molar-refractivity contribution >= 4 is 22.7 Å². The van der Waals surface area contributed by atoms with E-state index in [1.807, 2.05) is 17.0 Å². The van der Waals surface area contributed by atoms with Crippen LogP contribution in [0.25, 0.3) is 10.9 Å². The Balaban J connectivity index is 1.43.